The number of carbonyl (C=O) groups excluding carboxylic acids is 2. The van der Waals surface area contributed by atoms with Gasteiger partial charge in [0.2, 0.25) is 0 Å². The first-order valence-corrected chi connectivity index (χ1v) is 6.81. The molecule has 1 N–H and O–H groups in total. The normalized spacial score (nSPS) is 29.5. The minimum Gasteiger partial charge on any atom is -0.338 e. The van der Waals surface area contributed by atoms with Crippen molar-refractivity contribution in [1.82, 2.24) is 10.2 Å². The Hall–Kier alpha value is -1.06. The lowest BCUT2D eigenvalue weighted by molar-refractivity contribution is -0.122. The van der Waals surface area contributed by atoms with Gasteiger partial charge in [-0.2, -0.15) is 0 Å². The lowest BCUT2D eigenvalue weighted by atomic mass is 9.89. The minimum absolute atomic E-state index is 0.0110. The highest BCUT2D eigenvalue weighted by Gasteiger charge is 2.38. The molecule has 0 spiro atoms. The Kier molecular flexibility index (Phi) is 4.02. The monoisotopic (exact) mass is 238 g/mol. The van der Waals surface area contributed by atoms with E-state index in [-0.39, 0.29) is 18.0 Å². The first-order valence-electron chi connectivity index (χ1n) is 6.81. The maximum atomic E-state index is 12.0. The molecule has 17 heavy (non-hydrogen) atoms. The molecule has 2 rings (SSSR count). The van der Waals surface area contributed by atoms with Crippen LogP contribution in [-0.4, -0.2) is 35.8 Å². The average Bonchev–Trinajstić information content (AvgIpc) is 2.76. The molecule has 2 atom stereocenters. The molecule has 1 heterocycles. The molecule has 2 amide bonds. The molecule has 0 aromatic rings. The number of urea groups is 1. The van der Waals surface area contributed by atoms with Crippen LogP contribution in [0.5, 0.6) is 0 Å². The van der Waals surface area contributed by atoms with Crippen LogP contribution in [0.4, 0.5) is 4.79 Å². The van der Waals surface area contributed by atoms with Gasteiger partial charge in [-0.25, -0.2) is 4.79 Å². The fourth-order valence-corrected chi connectivity index (χ4v) is 3.13. The number of amides is 2. The first kappa shape index (κ1) is 12.4. The summed E-state index contributed by atoms with van der Waals surface area (Å²) < 4.78 is 0. The van der Waals surface area contributed by atoms with Crippen LogP contribution in [-0.2, 0) is 4.79 Å². The average molecular weight is 238 g/mol. The number of rotatable bonds is 2. The maximum absolute atomic E-state index is 12.0. The summed E-state index contributed by atoms with van der Waals surface area (Å²) in [6.45, 7) is 3.39. The largest absolute Gasteiger partial charge is 0.338 e. The van der Waals surface area contributed by atoms with Gasteiger partial charge in [-0.3, -0.25) is 4.79 Å². The molecular formula is C13H22N2O2. The molecule has 2 aliphatic rings. The van der Waals surface area contributed by atoms with Crippen LogP contribution >= 0.6 is 0 Å². The Morgan fingerprint density at radius 1 is 1.35 bits per heavy atom. The van der Waals surface area contributed by atoms with Gasteiger partial charge < -0.3 is 10.2 Å². The van der Waals surface area contributed by atoms with Crippen LogP contribution in [0.25, 0.3) is 0 Å². The standard InChI is InChI=1S/C13H22N2O2/c1-2-14-13(17)15-9-4-3-7-11(15)10-6-5-8-12(10)16/h10-11H,2-9H2,1H3,(H,14,17). The fraction of sp³-hybridized carbons (Fsp3) is 0.846. The number of piperidine rings is 1. The number of ketones is 1. The molecule has 96 valence electrons. The van der Waals surface area contributed by atoms with Crippen molar-refractivity contribution in [2.75, 3.05) is 13.1 Å². The molecular weight excluding hydrogens is 216 g/mol. The van der Waals surface area contributed by atoms with Crippen molar-refractivity contribution in [3.05, 3.63) is 0 Å². The second-order valence-electron chi connectivity index (χ2n) is 5.06. The van der Waals surface area contributed by atoms with Crippen molar-refractivity contribution in [2.45, 2.75) is 51.5 Å². The SMILES string of the molecule is CCNC(=O)N1CCCCC1C1CCCC1=O. The minimum atomic E-state index is 0.0110. The fourth-order valence-electron chi connectivity index (χ4n) is 3.13. The van der Waals surface area contributed by atoms with Crippen LogP contribution in [0.2, 0.25) is 0 Å². The summed E-state index contributed by atoms with van der Waals surface area (Å²) in [5.41, 5.74) is 0. The number of Topliss-reactive ketones (excluding diaryl/α,β-unsaturated/α-hetero) is 1. The quantitative estimate of drug-likeness (QED) is 0.799. The third-order valence-corrected chi connectivity index (χ3v) is 3.95. The molecule has 2 unspecified atom stereocenters. The third kappa shape index (κ3) is 2.61. The summed E-state index contributed by atoms with van der Waals surface area (Å²) in [7, 11) is 0. The molecule has 2 fully saturated rings. The number of carbonyl (C=O) groups is 2. The molecule has 1 aliphatic heterocycles. The molecule has 1 saturated heterocycles. The van der Waals surface area contributed by atoms with Gasteiger partial charge in [-0.1, -0.05) is 0 Å². The van der Waals surface area contributed by atoms with E-state index in [2.05, 4.69) is 5.32 Å². The Bertz CT molecular complexity index is 304. The Morgan fingerprint density at radius 3 is 2.82 bits per heavy atom. The first-order chi connectivity index (χ1) is 8.24. The van der Waals surface area contributed by atoms with Crippen molar-refractivity contribution in [2.24, 2.45) is 5.92 Å². The number of hydrogen-bond donors (Lipinski definition) is 1. The van der Waals surface area contributed by atoms with E-state index in [9.17, 15) is 9.59 Å². The van der Waals surface area contributed by atoms with E-state index >= 15 is 0 Å². The van der Waals surface area contributed by atoms with Gasteiger partial charge in [0.1, 0.15) is 5.78 Å². The number of nitrogens with zero attached hydrogens (tertiary/aromatic N) is 1. The van der Waals surface area contributed by atoms with Crippen molar-refractivity contribution < 1.29 is 9.59 Å². The zero-order valence-corrected chi connectivity index (χ0v) is 10.6. The predicted molar refractivity (Wildman–Crippen MR) is 65.8 cm³/mol. The van der Waals surface area contributed by atoms with Gasteiger partial charge in [0.15, 0.2) is 0 Å². The molecule has 0 aromatic heterocycles. The number of hydrogen-bond acceptors (Lipinski definition) is 2. The van der Waals surface area contributed by atoms with Crippen molar-refractivity contribution in [1.29, 1.82) is 0 Å². The zero-order valence-electron chi connectivity index (χ0n) is 10.6. The summed E-state index contributed by atoms with van der Waals surface area (Å²) in [5.74, 6) is 0.476. The molecule has 1 saturated carbocycles. The highest BCUT2D eigenvalue weighted by atomic mass is 16.2. The van der Waals surface area contributed by atoms with Gasteiger partial charge in [-0.05, 0) is 39.0 Å². The molecule has 0 aromatic carbocycles. The van der Waals surface area contributed by atoms with Crippen LogP contribution in [0, 0.1) is 5.92 Å². The van der Waals surface area contributed by atoms with Gasteiger partial charge in [0.05, 0.1) is 0 Å². The Morgan fingerprint density at radius 2 is 2.18 bits per heavy atom. The van der Waals surface area contributed by atoms with E-state index in [1.807, 2.05) is 11.8 Å². The molecule has 0 bridgehead atoms. The van der Waals surface area contributed by atoms with Crippen LogP contribution in [0.3, 0.4) is 0 Å². The van der Waals surface area contributed by atoms with Crippen molar-refractivity contribution in [3.63, 3.8) is 0 Å². The lowest BCUT2D eigenvalue weighted by Crippen LogP contribution is -2.52. The second-order valence-corrected chi connectivity index (χ2v) is 5.06. The molecule has 0 radical (unpaired) electrons. The predicted octanol–water partition coefficient (Wildman–Crippen LogP) is 1.94. The van der Waals surface area contributed by atoms with E-state index in [0.717, 1.165) is 38.6 Å². The molecule has 4 heteroatoms. The highest BCUT2D eigenvalue weighted by Crippen LogP contribution is 2.32. The summed E-state index contributed by atoms with van der Waals surface area (Å²) in [5, 5.41) is 2.86. The second kappa shape index (κ2) is 5.52. The molecule has 1 aliphatic carbocycles. The highest BCUT2D eigenvalue weighted by molar-refractivity contribution is 5.84. The van der Waals surface area contributed by atoms with Crippen molar-refractivity contribution in [3.8, 4) is 0 Å². The van der Waals surface area contributed by atoms with Crippen LogP contribution < -0.4 is 5.32 Å². The summed E-state index contributed by atoms with van der Waals surface area (Å²) in [6, 6.07) is 0.169. The van der Waals surface area contributed by atoms with Crippen LogP contribution in [0.1, 0.15) is 45.4 Å². The van der Waals surface area contributed by atoms with Crippen LogP contribution in [0.15, 0.2) is 0 Å². The zero-order chi connectivity index (χ0) is 12.3. The van der Waals surface area contributed by atoms with E-state index in [4.69, 9.17) is 0 Å². The smallest absolute Gasteiger partial charge is 0.317 e. The van der Waals surface area contributed by atoms with Gasteiger partial charge in [0.25, 0.3) is 0 Å². The van der Waals surface area contributed by atoms with Crippen molar-refractivity contribution >= 4 is 11.8 Å². The summed E-state index contributed by atoms with van der Waals surface area (Å²) >= 11 is 0. The van der Waals surface area contributed by atoms with E-state index in [1.165, 1.54) is 0 Å². The van der Waals surface area contributed by atoms with Gasteiger partial charge in [-0.15, -0.1) is 0 Å². The maximum Gasteiger partial charge on any atom is 0.317 e. The Labute approximate surface area is 103 Å². The van der Waals surface area contributed by atoms with Gasteiger partial charge in [0, 0.05) is 31.5 Å². The molecule has 4 nitrogen and oxygen atoms in total. The number of likely N-dealkylation sites (tertiary alicyclic amines) is 1. The third-order valence-electron chi connectivity index (χ3n) is 3.95. The summed E-state index contributed by atoms with van der Waals surface area (Å²) in [6.07, 6.45) is 5.89. The number of nitrogens with one attached hydrogen (secondary N) is 1. The Balaban J connectivity index is 2.06. The van der Waals surface area contributed by atoms with E-state index < -0.39 is 0 Å². The van der Waals surface area contributed by atoms with Gasteiger partial charge >= 0.3 is 6.03 Å². The summed E-state index contributed by atoms with van der Waals surface area (Å²) in [4.78, 5) is 25.7. The lowest BCUT2D eigenvalue weighted by Gasteiger charge is -2.38. The topological polar surface area (TPSA) is 49.4 Å². The van der Waals surface area contributed by atoms with E-state index in [0.29, 0.717) is 18.7 Å². The van der Waals surface area contributed by atoms with E-state index in [1.54, 1.807) is 0 Å².